The van der Waals surface area contributed by atoms with E-state index < -0.39 is 20.6 Å². The van der Waals surface area contributed by atoms with Crippen molar-refractivity contribution in [1.82, 2.24) is 5.32 Å². The van der Waals surface area contributed by atoms with Gasteiger partial charge >= 0.3 is 0 Å². The van der Waals surface area contributed by atoms with Crippen molar-refractivity contribution in [3.8, 4) is 0 Å². The Morgan fingerprint density at radius 3 is 2.52 bits per heavy atom. The van der Waals surface area contributed by atoms with Crippen molar-refractivity contribution in [2.24, 2.45) is 0 Å². The van der Waals surface area contributed by atoms with Crippen LogP contribution < -0.4 is 5.32 Å². The Hall–Kier alpha value is -0.720. The molecule has 0 saturated heterocycles. The zero-order valence-corrected chi connectivity index (χ0v) is 14.6. The number of sulfone groups is 1. The van der Waals surface area contributed by atoms with Gasteiger partial charge in [0.25, 0.3) is 0 Å². The van der Waals surface area contributed by atoms with Gasteiger partial charge in [0, 0.05) is 34.6 Å². The third-order valence-electron chi connectivity index (χ3n) is 3.24. The van der Waals surface area contributed by atoms with Crippen molar-refractivity contribution >= 4 is 20.6 Å². The van der Waals surface area contributed by atoms with E-state index in [2.05, 4.69) is 12.2 Å². The van der Waals surface area contributed by atoms with Crippen molar-refractivity contribution in [3.63, 3.8) is 0 Å². The molecule has 1 N–H and O–H groups in total. The summed E-state index contributed by atoms with van der Waals surface area (Å²) in [6.45, 7) is 4.97. The predicted octanol–water partition coefficient (Wildman–Crippen LogP) is 1.83. The van der Waals surface area contributed by atoms with E-state index >= 15 is 0 Å². The summed E-state index contributed by atoms with van der Waals surface area (Å²) in [5.74, 6) is 0.628. The second-order valence-corrected chi connectivity index (χ2v) is 9.18. The lowest BCUT2D eigenvalue weighted by Gasteiger charge is -2.20. The van der Waals surface area contributed by atoms with Crippen molar-refractivity contribution in [3.05, 3.63) is 35.4 Å². The minimum atomic E-state index is -3.06. The molecule has 4 nitrogen and oxygen atoms in total. The normalized spacial score (nSPS) is 14.8. The van der Waals surface area contributed by atoms with Crippen LogP contribution in [0, 0.1) is 6.92 Å². The molecule has 0 bridgehead atoms. The van der Waals surface area contributed by atoms with E-state index in [4.69, 9.17) is 0 Å². The van der Waals surface area contributed by atoms with Crippen LogP contribution in [-0.2, 0) is 20.6 Å². The van der Waals surface area contributed by atoms with Crippen molar-refractivity contribution in [2.45, 2.75) is 26.3 Å². The molecule has 0 aliphatic rings. The lowest BCUT2D eigenvalue weighted by Crippen LogP contribution is -2.29. The average Bonchev–Trinajstić information content (AvgIpc) is 2.41. The molecule has 120 valence electrons. The van der Waals surface area contributed by atoms with Crippen molar-refractivity contribution < 1.29 is 12.6 Å². The molecule has 2 unspecified atom stereocenters. The van der Waals surface area contributed by atoms with Crippen LogP contribution >= 0.6 is 0 Å². The molecule has 0 aliphatic carbocycles. The van der Waals surface area contributed by atoms with Crippen LogP contribution in [0.3, 0.4) is 0 Å². The molecule has 0 saturated carbocycles. The largest absolute Gasteiger partial charge is 0.309 e. The summed E-state index contributed by atoms with van der Waals surface area (Å²) in [7, 11) is -4.21. The van der Waals surface area contributed by atoms with Crippen LogP contribution in [0.1, 0.15) is 30.5 Å². The topological polar surface area (TPSA) is 63.2 Å². The third-order valence-corrected chi connectivity index (χ3v) is 5.81. The van der Waals surface area contributed by atoms with Gasteiger partial charge in [-0.3, -0.25) is 4.21 Å². The van der Waals surface area contributed by atoms with E-state index in [1.807, 2.05) is 31.2 Å². The highest BCUT2D eigenvalue weighted by atomic mass is 32.2. The van der Waals surface area contributed by atoms with Gasteiger partial charge in [-0.1, -0.05) is 31.2 Å². The molecular formula is C15H25NO3S2. The van der Waals surface area contributed by atoms with E-state index in [-0.39, 0.29) is 17.5 Å². The number of hydrogen-bond acceptors (Lipinski definition) is 4. The molecule has 1 aromatic carbocycles. The summed E-state index contributed by atoms with van der Waals surface area (Å²) >= 11 is 0. The highest BCUT2D eigenvalue weighted by molar-refractivity contribution is 7.92. The van der Waals surface area contributed by atoms with Gasteiger partial charge in [0.2, 0.25) is 0 Å². The molecular weight excluding hydrogens is 306 g/mol. The van der Waals surface area contributed by atoms with Crippen molar-refractivity contribution in [1.29, 1.82) is 0 Å². The van der Waals surface area contributed by atoms with Crippen LogP contribution in [0.2, 0.25) is 0 Å². The Morgan fingerprint density at radius 2 is 1.95 bits per heavy atom. The first-order valence-corrected chi connectivity index (χ1v) is 10.7. The number of aryl methyl sites for hydroxylation is 1. The molecule has 0 aromatic heterocycles. The molecule has 21 heavy (non-hydrogen) atoms. The van der Waals surface area contributed by atoms with E-state index in [0.29, 0.717) is 5.75 Å². The summed E-state index contributed by atoms with van der Waals surface area (Å²) in [5, 5.41) is 3.41. The molecule has 1 aromatic rings. The van der Waals surface area contributed by atoms with Crippen LogP contribution in [0.4, 0.5) is 0 Å². The Balaban J connectivity index is 2.75. The summed E-state index contributed by atoms with van der Waals surface area (Å²) in [5.41, 5.74) is 2.30. The molecule has 0 spiro atoms. The fourth-order valence-corrected chi connectivity index (χ4v) is 4.86. The third kappa shape index (κ3) is 7.20. The lowest BCUT2D eigenvalue weighted by atomic mass is 10.0. The van der Waals surface area contributed by atoms with E-state index in [0.717, 1.165) is 24.1 Å². The van der Waals surface area contributed by atoms with Gasteiger partial charge < -0.3 is 5.32 Å². The zero-order valence-electron chi connectivity index (χ0n) is 13.0. The molecule has 0 aliphatic heterocycles. The SMILES string of the molecule is CCCNC(CS(=O)CCS(C)(=O)=O)c1ccccc1C. The number of rotatable bonds is 9. The fourth-order valence-electron chi connectivity index (χ4n) is 2.07. The van der Waals surface area contributed by atoms with Crippen LogP contribution in [0.25, 0.3) is 0 Å². The smallest absolute Gasteiger partial charge is 0.148 e. The number of benzene rings is 1. The van der Waals surface area contributed by atoms with Gasteiger partial charge in [-0.15, -0.1) is 0 Å². The number of hydrogen-bond donors (Lipinski definition) is 1. The van der Waals surface area contributed by atoms with E-state index in [1.165, 1.54) is 6.26 Å². The minimum Gasteiger partial charge on any atom is -0.309 e. The standard InChI is InChI=1S/C15H25NO3S2/c1-4-9-16-15(14-8-6-5-7-13(14)2)12-20(17)10-11-21(3,18)19/h5-8,15-16H,4,9-12H2,1-3H3. The first-order valence-electron chi connectivity index (χ1n) is 7.15. The average molecular weight is 332 g/mol. The summed E-state index contributed by atoms with van der Waals surface area (Å²) in [6, 6.07) is 8.04. The summed E-state index contributed by atoms with van der Waals surface area (Å²) in [6.07, 6.45) is 2.18. The van der Waals surface area contributed by atoms with E-state index in [1.54, 1.807) is 0 Å². The lowest BCUT2D eigenvalue weighted by molar-refractivity contribution is 0.567. The van der Waals surface area contributed by atoms with Gasteiger partial charge in [-0.25, -0.2) is 8.42 Å². The Bertz CT molecular complexity index is 570. The van der Waals surface area contributed by atoms with E-state index in [9.17, 15) is 12.6 Å². The van der Waals surface area contributed by atoms with Gasteiger partial charge in [0.05, 0.1) is 5.75 Å². The molecule has 0 heterocycles. The Kier molecular flexibility index (Phi) is 7.56. The first kappa shape index (κ1) is 18.3. The number of nitrogens with one attached hydrogen (secondary N) is 1. The minimum absolute atomic E-state index is 0.00606. The molecule has 6 heteroatoms. The van der Waals surface area contributed by atoms with Crippen LogP contribution in [0.15, 0.2) is 24.3 Å². The maximum Gasteiger partial charge on any atom is 0.148 e. The maximum atomic E-state index is 12.2. The quantitative estimate of drug-likeness (QED) is 0.750. The monoisotopic (exact) mass is 331 g/mol. The molecule has 0 radical (unpaired) electrons. The predicted molar refractivity (Wildman–Crippen MR) is 89.8 cm³/mol. The maximum absolute atomic E-state index is 12.2. The summed E-state index contributed by atoms with van der Waals surface area (Å²) in [4.78, 5) is 0. The van der Waals surface area contributed by atoms with Gasteiger partial charge in [-0.2, -0.15) is 0 Å². The zero-order chi connectivity index (χ0) is 15.9. The Labute approximate surface area is 130 Å². The second kappa shape index (κ2) is 8.66. The van der Waals surface area contributed by atoms with Crippen LogP contribution in [-0.4, -0.2) is 42.7 Å². The van der Waals surface area contributed by atoms with Gasteiger partial charge in [-0.05, 0) is 31.0 Å². The molecule has 1 rings (SSSR count). The fraction of sp³-hybridized carbons (Fsp3) is 0.600. The highest BCUT2D eigenvalue weighted by Crippen LogP contribution is 2.18. The summed E-state index contributed by atoms with van der Waals surface area (Å²) < 4.78 is 34.5. The Morgan fingerprint density at radius 1 is 1.29 bits per heavy atom. The van der Waals surface area contributed by atoms with Gasteiger partial charge in [0.15, 0.2) is 0 Å². The second-order valence-electron chi connectivity index (χ2n) is 5.30. The highest BCUT2D eigenvalue weighted by Gasteiger charge is 2.17. The molecule has 0 amide bonds. The molecule has 2 atom stereocenters. The molecule has 0 fully saturated rings. The van der Waals surface area contributed by atoms with Crippen molar-refractivity contribution in [2.75, 3.05) is 30.1 Å². The van der Waals surface area contributed by atoms with Crippen LogP contribution in [0.5, 0.6) is 0 Å². The van der Waals surface area contributed by atoms with Gasteiger partial charge in [0.1, 0.15) is 9.84 Å². The first-order chi connectivity index (χ1) is 9.83.